The van der Waals surface area contributed by atoms with Gasteiger partial charge in [-0.05, 0) is 6.42 Å². The molecular weight excluding hydrogens is 212 g/mol. The molecule has 14 heavy (non-hydrogen) atoms. The summed E-state index contributed by atoms with van der Waals surface area (Å²) in [7, 11) is 0. The molecule has 0 fully saturated rings. The predicted octanol–water partition coefficient (Wildman–Crippen LogP) is 2.82. The van der Waals surface area contributed by atoms with E-state index in [2.05, 4.69) is 53.5 Å². The van der Waals surface area contributed by atoms with Gasteiger partial charge in [0.25, 0.3) is 0 Å². The fourth-order valence-electron chi connectivity index (χ4n) is 0.800. The van der Waals surface area contributed by atoms with E-state index >= 15 is 0 Å². The monoisotopic (exact) mass is 220 g/mol. The molecule has 0 bridgehead atoms. The summed E-state index contributed by atoms with van der Waals surface area (Å²) in [5, 5.41) is 0. The molecule has 0 unspecified atom stereocenters. The van der Waals surface area contributed by atoms with Crippen molar-refractivity contribution < 1.29 is 17.1 Å². The molecule has 0 heterocycles. The van der Waals surface area contributed by atoms with E-state index in [0.717, 1.165) is 18.4 Å². The maximum absolute atomic E-state index is 2.90. The van der Waals surface area contributed by atoms with Crippen molar-refractivity contribution in [1.29, 1.82) is 0 Å². The van der Waals surface area contributed by atoms with E-state index in [1.54, 1.807) is 6.08 Å². The first-order chi connectivity index (χ1) is 6.43. The van der Waals surface area contributed by atoms with Crippen molar-refractivity contribution in [3.8, 4) is 0 Å². The smallest absolute Gasteiger partial charge is 0.294 e. The van der Waals surface area contributed by atoms with Crippen LogP contribution in [0.3, 0.4) is 0 Å². The first kappa shape index (κ1) is 12.7. The van der Waals surface area contributed by atoms with Crippen LogP contribution in [-0.2, 0) is 17.1 Å². The van der Waals surface area contributed by atoms with Crippen LogP contribution in [0.15, 0.2) is 46.0 Å². The standard InChI is InChI=1S/C8H7.C5H.Fe/c1-2-5-8-6-3-4-7-8;1-2-4-5-3-1;/h2,5H2,1H3;1H;/q2*-1;+2. The van der Waals surface area contributed by atoms with Crippen molar-refractivity contribution in [3.63, 3.8) is 0 Å². The van der Waals surface area contributed by atoms with E-state index in [-0.39, 0.29) is 17.1 Å². The molecule has 0 aromatic heterocycles. The Balaban J connectivity index is 0.000000246. The van der Waals surface area contributed by atoms with E-state index in [0.29, 0.717) is 0 Å². The SMILES string of the molecule is C1=C=[C-]C=C=1.CCCC1=C=C=C=[C-]1.[Fe+2]. The maximum Gasteiger partial charge on any atom is 2.00 e. The van der Waals surface area contributed by atoms with Crippen LogP contribution in [0.1, 0.15) is 19.8 Å². The van der Waals surface area contributed by atoms with Gasteiger partial charge in [-0.3, -0.25) is 22.9 Å². The summed E-state index contributed by atoms with van der Waals surface area (Å²) >= 11 is 0. The Bertz CT molecular complexity index is 425. The van der Waals surface area contributed by atoms with Crippen LogP contribution in [0.5, 0.6) is 0 Å². The molecule has 0 saturated carbocycles. The minimum Gasteiger partial charge on any atom is -0.294 e. The van der Waals surface area contributed by atoms with Gasteiger partial charge in [-0.1, -0.05) is 13.3 Å². The summed E-state index contributed by atoms with van der Waals surface area (Å²) < 4.78 is 0. The third kappa shape index (κ3) is 5.35. The van der Waals surface area contributed by atoms with E-state index in [1.807, 2.05) is 0 Å². The van der Waals surface area contributed by atoms with E-state index in [4.69, 9.17) is 0 Å². The third-order valence-electron chi connectivity index (χ3n) is 1.34. The van der Waals surface area contributed by atoms with Crippen molar-refractivity contribution in [1.82, 2.24) is 0 Å². The van der Waals surface area contributed by atoms with Gasteiger partial charge in [0.1, 0.15) is 0 Å². The normalized spacial score (nSPS) is 11.4. The van der Waals surface area contributed by atoms with Gasteiger partial charge in [-0.15, -0.1) is 23.8 Å². The van der Waals surface area contributed by atoms with E-state index in [9.17, 15) is 0 Å². The average molecular weight is 220 g/mol. The second-order valence-electron chi connectivity index (χ2n) is 2.41. The van der Waals surface area contributed by atoms with E-state index in [1.165, 1.54) is 0 Å². The number of rotatable bonds is 2. The van der Waals surface area contributed by atoms with Crippen molar-refractivity contribution in [2.75, 3.05) is 0 Å². The molecule has 0 spiro atoms. The van der Waals surface area contributed by atoms with Gasteiger partial charge in [0.15, 0.2) is 0 Å². The maximum atomic E-state index is 2.90. The summed E-state index contributed by atoms with van der Waals surface area (Å²) in [5.41, 5.74) is 17.2. The molecule has 0 atom stereocenters. The Labute approximate surface area is 95.2 Å². The molecule has 1 heteroatoms. The molecule has 0 radical (unpaired) electrons. The fourth-order valence-corrected chi connectivity index (χ4v) is 0.800. The van der Waals surface area contributed by atoms with Gasteiger partial charge in [-0.2, -0.15) is 0 Å². The molecule has 0 saturated heterocycles. The summed E-state index contributed by atoms with van der Waals surface area (Å²) in [4.78, 5) is 0. The summed E-state index contributed by atoms with van der Waals surface area (Å²) in [6, 6.07) is 0. The number of hydrogen-bond donors (Lipinski definition) is 0. The Kier molecular flexibility index (Phi) is 7.50. The zero-order valence-corrected chi connectivity index (χ0v) is 8.95. The molecule has 0 amide bonds. The van der Waals surface area contributed by atoms with Crippen molar-refractivity contribution in [2.24, 2.45) is 0 Å². The minimum absolute atomic E-state index is 0. The molecule has 0 nitrogen and oxygen atoms in total. The largest absolute Gasteiger partial charge is 2.00 e. The topological polar surface area (TPSA) is 0 Å². The molecule has 2 rings (SSSR count). The van der Waals surface area contributed by atoms with Gasteiger partial charge in [-0.25, -0.2) is 11.5 Å². The molecule has 68 valence electrons. The molecular formula is C13H8Fe. The van der Waals surface area contributed by atoms with Gasteiger partial charge in [0.05, 0.1) is 0 Å². The van der Waals surface area contributed by atoms with Crippen LogP contribution in [0.25, 0.3) is 0 Å². The summed E-state index contributed by atoms with van der Waals surface area (Å²) in [6.45, 7) is 2.13. The molecule has 0 N–H and O–H groups in total. The molecule has 0 aromatic rings. The predicted molar refractivity (Wildman–Crippen MR) is 50.6 cm³/mol. The van der Waals surface area contributed by atoms with Crippen molar-refractivity contribution in [2.45, 2.75) is 19.8 Å². The zero-order chi connectivity index (χ0) is 9.36. The van der Waals surface area contributed by atoms with Crippen LogP contribution >= 0.6 is 0 Å². The molecule has 0 aromatic carbocycles. The Morgan fingerprint density at radius 2 is 2.14 bits per heavy atom. The van der Waals surface area contributed by atoms with Crippen LogP contribution in [0, 0.1) is 12.2 Å². The second-order valence-corrected chi connectivity index (χ2v) is 2.41. The van der Waals surface area contributed by atoms with Crippen molar-refractivity contribution in [3.05, 3.63) is 58.2 Å². The minimum atomic E-state index is 0. The quantitative estimate of drug-likeness (QED) is 0.381. The third-order valence-corrected chi connectivity index (χ3v) is 1.34. The van der Waals surface area contributed by atoms with Crippen LogP contribution in [0.4, 0.5) is 0 Å². The van der Waals surface area contributed by atoms with Crippen LogP contribution in [0.2, 0.25) is 0 Å². The molecule has 0 aliphatic heterocycles. The molecule has 2 aliphatic rings. The zero-order valence-electron chi connectivity index (χ0n) is 7.85. The summed E-state index contributed by atoms with van der Waals surface area (Å²) in [6.07, 6.45) is 9.37. The first-order valence-electron chi connectivity index (χ1n) is 4.14. The van der Waals surface area contributed by atoms with Gasteiger partial charge in [0, 0.05) is 0 Å². The van der Waals surface area contributed by atoms with Gasteiger partial charge >= 0.3 is 17.1 Å². The van der Waals surface area contributed by atoms with Gasteiger partial charge in [0.2, 0.25) is 0 Å². The number of allylic oxidation sites excluding steroid dienone is 4. The Hall–Kier alpha value is -1.32. The first-order valence-corrected chi connectivity index (χ1v) is 4.14. The molecule has 2 aliphatic carbocycles. The fraction of sp³-hybridized carbons (Fsp3) is 0.231. The summed E-state index contributed by atoms with van der Waals surface area (Å²) in [5.74, 6) is 0. The Morgan fingerprint density at radius 3 is 2.50 bits per heavy atom. The van der Waals surface area contributed by atoms with Gasteiger partial charge < -0.3 is 0 Å². The van der Waals surface area contributed by atoms with Crippen LogP contribution < -0.4 is 0 Å². The van der Waals surface area contributed by atoms with Crippen LogP contribution in [-0.4, -0.2) is 0 Å². The average Bonchev–Trinajstić information content (AvgIpc) is 2.79. The van der Waals surface area contributed by atoms with E-state index < -0.39 is 0 Å². The Morgan fingerprint density at radius 1 is 1.29 bits per heavy atom. The second kappa shape index (κ2) is 8.29. The van der Waals surface area contributed by atoms with Crippen molar-refractivity contribution >= 4 is 0 Å². The number of hydrogen-bond acceptors (Lipinski definition) is 0.